The van der Waals surface area contributed by atoms with Gasteiger partial charge >= 0.3 is 0 Å². The zero-order valence-electron chi connectivity index (χ0n) is 10.3. The van der Waals surface area contributed by atoms with Crippen molar-refractivity contribution in [1.29, 1.82) is 0 Å². The van der Waals surface area contributed by atoms with Crippen molar-refractivity contribution in [1.82, 2.24) is 4.90 Å². The molecular formula is C14H17BrN2O. The summed E-state index contributed by atoms with van der Waals surface area (Å²) >= 11 is 3.49. The van der Waals surface area contributed by atoms with Gasteiger partial charge in [0.15, 0.2) is 0 Å². The Kier molecular flexibility index (Phi) is 4.58. The molecule has 0 spiro atoms. The summed E-state index contributed by atoms with van der Waals surface area (Å²) in [7, 11) is 2.06. The molecule has 1 atom stereocenters. The van der Waals surface area contributed by atoms with Crippen LogP contribution < -0.4 is 5.73 Å². The predicted molar refractivity (Wildman–Crippen MR) is 76.1 cm³/mol. The van der Waals surface area contributed by atoms with Gasteiger partial charge < -0.3 is 10.2 Å². The van der Waals surface area contributed by atoms with Gasteiger partial charge in [0, 0.05) is 17.1 Å². The van der Waals surface area contributed by atoms with Crippen molar-refractivity contribution in [2.24, 2.45) is 5.73 Å². The average molecular weight is 309 g/mol. The molecule has 2 N–H and O–H groups in total. The molecule has 0 saturated carbocycles. The van der Waals surface area contributed by atoms with Crippen molar-refractivity contribution in [3.8, 4) is 0 Å². The normalized spacial score (nSPS) is 12.9. The molecule has 1 heterocycles. The standard InChI is InChI=1S/C14H17BrN2O/c1-17(10-13-6-3-7-18-13)14(9-16)11-4-2-5-12(15)8-11/h2-8,14H,9-10,16H2,1H3. The van der Waals surface area contributed by atoms with E-state index in [1.807, 2.05) is 24.3 Å². The zero-order valence-corrected chi connectivity index (χ0v) is 11.9. The van der Waals surface area contributed by atoms with Gasteiger partial charge in [-0.05, 0) is 36.9 Å². The van der Waals surface area contributed by atoms with E-state index in [9.17, 15) is 0 Å². The molecule has 2 aromatic rings. The summed E-state index contributed by atoms with van der Waals surface area (Å²) in [6.45, 7) is 1.33. The van der Waals surface area contributed by atoms with Crippen LogP contribution in [0.5, 0.6) is 0 Å². The molecule has 1 aromatic carbocycles. The van der Waals surface area contributed by atoms with E-state index in [2.05, 4.69) is 40.0 Å². The molecule has 4 heteroatoms. The fourth-order valence-corrected chi connectivity index (χ4v) is 2.46. The van der Waals surface area contributed by atoms with Crippen molar-refractivity contribution < 1.29 is 4.42 Å². The second kappa shape index (κ2) is 6.18. The summed E-state index contributed by atoms with van der Waals surface area (Å²) in [6.07, 6.45) is 1.69. The first-order valence-corrected chi connectivity index (χ1v) is 6.68. The summed E-state index contributed by atoms with van der Waals surface area (Å²) in [6, 6.07) is 12.3. The van der Waals surface area contributed by atoms with Crippen LogP contribution in [0.1, 0.15) is 17.4 Å². The molecule has 96 valence electrons. The largest absolute Gasteiger partial charge is 0.468 e. The van der Waals surface area contributed by atoms with E-state index in [1.54, 1.807) is 6.26 Å². The zero-order chi connectivity index (χ0) is 13.0. The lowest BCUT2D eigenvalue weighted by atomic mass is 10.1. The number of hydrogen-bond acceptors (Lipinski definition) is 3. The lowest BCUT2D eigenvalue weighted by Crippen LogP contribution is -2.30. The molecule has 0 aliphatic heterocycles. The number of furan rings is 1. The van der Waals surface area contributed by atoms with Gasteiger partial charge in [0.2, 0.25) is 0 Å². The van der Waals surface area contributed by atoms with Crippen LogP contribution in [0.15, 0.2) is 51.6 Å². The number of nitrogens with zero attached hydrogens (tertiary/aromatic N) is 1. The quantitative estimate of drug-likeness (QED) is 0.922. The molecule has 0 aliphatic rings. The van der Waals surface area contributed by atoms with Crippen LogP contribution in [0.3, 0.4) is 0 Å². The number of benzene rings is 1. The van der Waals surface area contributed by atoms with Gasteiger partial charge in [-0.3, -0.25) is 4.90 Å². The van der Waals surface area contributed by atoms with Crippen molar-refractivity contribution in [2.75, 3.05) is 13.6 Å². The molecule has 2 rings (SSSR count). The molecule has 0 saturated heterocycles. The van der Waals surface area contributed by atoms with Crippen LogP contribution in [0, 0.1) is 0 Å². The summed E-state index contributed by atoms with van der Waals surface area (Å²) in [5, 5.41) is 0. The third kappa shape index (κ3) is 3.22. The van der Waals surface area contributed by atoms with Gasteiger partial charge in [-0.2, -0.15) is 0 Å². The Labute approximate surface area is 116 Å². The van der Waals surface area contributed by atoms with E-state index in [0.29, 0.717) is 6.54 Å². The highest BCUT2D eigenvalue weighted by Gasteiger charge is 2.16. The van der Waals surface area contributed by atoms with Crippen molar-refractivity contribution >= 4 is 15.9 Å². The topological polar surface area (TPSA) is 42.4 Å². The molecule has 0 aliphatic carbocycles. The Morgan fingerprint density at radius 1 is 1.33 bits per heavy atom. The van der Waals surface area contributed by atoms with Crippen LogP contribution in [0.2, 0.25) is 0 Å². The second-order valence-corrected chi connectivity index (χ2v) is 5.22. The van der Waals surface area contributed by atoms with E-state index >= 15 is 0 Å². The molecule has 1 aromatic heterocycles. The van der Waals surface area contributed by atoms with E-state index in [-0.39, 0.29) is 6.04 Å². The number of likely N-dealkylation sites (N-methyl/N-ethyl adjacent to an activating group) is 1. The minimum Gasteiger partial charge on any atom is -0.468 e. The minimum atomic E-state index is 0.188. The third-order valence-electron chi connectivity index (χ3n) is 2.97. The summed E-state index contributed by atoms with van der Waals surface area (Å²) in [4.78, 5) is 2.20. The van der Waals surface area contributed by atoms with Crippen LogP contribution >= 0.6 is 15.9 Å². The molecule has 18 heavy (non-hydrogen) atoms. The predicted octanol–water partition coefficient (Wildman–Crippen LogP) is 3.17. The van der Waals surface area contributed by atoms with Crippen LogP contribution in [0.4, 0.5) is 0 Å². The first-order valence-electron chi connectivity index (χ1n) is 5.89. The lowest BCUT2D eigenvalue weighted by Gasteiger charge is -2.26. The second-order valence-electron chi connectivity index (χ2n) is 4.30. The van der Waals surface area contributed by atoms with Gasteiger partial charge in [-0.1, -0.05) is 28.1 Å². The summed E-state index contributed by atoms with van der Waals surface area (Å²) < 4.78 is 6.44. The smallest absolute Gasteiger partial charge is 0.117 e. The molecule has 0 bridgehead atoms. The molecule has 1 unspecified atom stereocenters. The number of halogens is 1. The highest BCUT2D eigenvalue weighted by Crippen LogP contribution is 2.23. The first kappa shape index (κ1) is 13.3. The SMILES string of the molecule is CN(Cc1ccco1)C(CN)c1cccc(Br)c1. The first-order chi connectivity index (χ1) is 8.70. The van der Waals surface area contributed by atoms with Gasteiger partial charge in [-0.25, -0.2) is 0 Å². The molecule has 3 nitrogen and oxygen atoms in total. The maximum atomic E-state index is 5.90. The Morgan fingerprint density at radius 3 is 2.78 bits per heavy atom. The summed E-state index contributed by atoms with van der Waals surface area (Å²) in [5.41, 5.74) is 7.11. The number of rotatable bonds is 5. The van der Waals surface area contributed by atoms with Crippen LogP contribution in [-0.4, -0.2) is 18.5 Å². The Hall–Kier alpha value is -1.10. The van der Waals surface area contributed by atoms with E-state index < -0.39 is 0 Å². The molecular weight excluding hydrogens is 292 g/mol. The Bertz CT molecular complexity index is 484. The Morgan fingerprint density at radius 2 is 2.17 bits per heavy atom. The van der Waals surface area contributed by atoms with E-state index in [1.165, 1.54) is 5.56 Å². The fourth-order valence-electron chi connectivity index (χ4n) is 2.04. The van der Waals surface area contributed by atoms with E-state index in [0.717, 1.165) is 16.8 Å². The third-order valence-corrected chi connectivity index (χ3v) is 3.47. The highest BCUT2D eigenvalue weighted by atomic mass is 79.9. The number of hydrogen-bond donors (Lipinski definition) is 1. The molecule has 0 amide bonds. The van der Waals surface area contributed by atoms with Crippen molar-refractivity contribution in [2.45, 2.75) is 12.6 Å². The molecule has 0 fully saturated rings. The van der Waals surface area contributed by atoms with Gasteiger partial charge in [-0.15, -0.1) is 0 Å². The van der Waals surface area contributed by atoms with Gasteiger partial charge in [0.1, 0.15) is 5.76 Å². The van der Waals surface area contributed by atoms with Gasteiger partial charge in [0.25, 0.3) is 0 Å². The summed E-state index contributed by atoms with van der Waals surface area (Å²) in [5.74, 6) is 0.950. The van der Waals surface area contributed by atoms with Crippen molar-refractivity contribution in [3.05, 3.63) is 58.5 Å². The van der Waals surface area contributed by atoms with Gasteiger partial charge in [0.05, 0.1) is 12.8 Å². The monoisotopic (exact) mass is 308 g/mol. The maximum absolute atomic E-state index is 5.90. The maximum Gasteiger partial charge on any atom is 0.117 e. The number of nitrogens with two attached hydrogens (primary N) is 1. The fraction of sp³-hybridized carbons (Fsp3) is 0.286. The average Bonchev–Trinajstić information content (AvgIpc) is 2.83. The Balaban J connectivity index is 2.12. The lowest BCUT2D eigenvalue weighted by molar-refractivity contribution is 0.223. The minimum absolute atomic E-state index is 0.188. The van der Waals surface area contributed by atoms with Crippen molar-refractivity contribution in [3.63, 3.8) is 0 Å². The molecule has 0 radical (unpaired) electrons. The van der Waals surface area contributed by atoms with Crippen LogP contribution in [0.25, 0.3) is 0 Å². The van der Waals surface area contributed by atoms with E-state index in [4.69, 9.17) is 10.2 Å². The van der Waals surface area contributed by atoms with Crippen LogP contribution in [-0.2, 0) is 6.54 Å². The highest BCUT2D eigenvalue weighted by molar-refractivity contribution is 9.10.